The van der Waals surface area contributed by atoms with Crippen LogP contribution in [0.5, 0.6) is 0 Å². The standard InChI is InChI=1S/C16H14FN3O/c17-13-6-4-5-12(9-13)10-15-19-16(21-20-15)11-18-14-7-2-1-3-8-14/h1-9,18H,10-11H2. The average molecular weight is 283 g/mol. The molecular weight excluding hydrogens is 269 g/mol. The summed E-state index contributed by atoms with van der Waals surface area (Å²) in [6, 6.07) is 16.2. The van der Waals surface area contributed by atoms with Crippen LogP contribution in [0.3, 0.4) is 0 Å². The molecule has 0 aliphatic heterocycles. The first-order valence-corrected chi connectivity index (χ1v) is 6.64. The molecule has 0 saturated heterocycles. The van der Waals surface area contributed by atoms with Gasteiger partial charge in [0.25, 0.3) is 0 Å². The van der Waals surface area contributed by atoms with Crippen molar-refractivity contribution in [2.45, 2.75) is 13.0 Å². The number of halogens is 1. The average Bonchev–Trinajstić information content (AvgIpc) is 2.94. The molecule has 1 aromatic heterocycles. The monoisotopic (exact) mass is 283 g/mol. The van der Waals surface area contributed by atoms with Gasteiger partial charge in [-0.25, -0.2) is 4.39 Å². The van der Waals surface area contributed by atoms with E-state index in [2.05, 4.69) is 15.5 Å². The third-order valence-electron chi connectivity index (χ3n) is 2.98. The van der Waals surface area contributed by atoms with Crippen molar-refractivity contribution in [1.82, 2.24) is 10.1 Å². The minimum absolute atomic E-state index is 0.262. The van der Waals surface area contributed by atoms with Gasteiger partial charge in [-0.2, -0.15) is 4.98 Å². The van der Waals surface area contributed by atoms with Gasteiger partial charge in [-0.05, 0) is 29.8 Å². The number of nitrogens with zero attached hydrogens (tertiary/aromatic N) is 2. The molecule has 0 atom stereocenters. The van der Waals surface area contributed by atoms with Crippen LogP contribution in [0.25, 0.3) is 0 Å². The van der Waals surface area contributed by atoms with Crippen molar-refractivity contribution in [1.29, 1.82) is 0 Å². The number of nitrogens with one attached hydrogen (secondary N) is 1. The molecule has 0 saturated carbocycles. The van der Waals surface area contributed by atoms with Gasteiger partial charge < -0.3 is 9.84 Å². The number of rotatable bonds is 5. The number of benzene rings is 2. The molecule has 0 amide bonds. The maximum absolute atomic E-state index is 13.1. The van der Waals surface area contributed by atoms with Crippen LogP contribution >= 0.6 is 0 Å². The molecule has 2 aromatic carbocycles. The van der Waals surface area contributed by atoms with E-state index < -0.39 is 0 Å². The predicted octanol–water partition coefficient (Wildman–Crippen LogP) is 3.41. The highest BCUT2D eigenvalue weighted by Gasteiger charge is 2.07. The summed E-state index contributed by atoms with van der Waals surface area (Å²) in [4.78, 5) is 4.29. The van der Waals surface area contributed by atoms with Crippen LogP contribution in [0.1, 0.15) is 17.3 Å². The molecule has 5 heteroatoms. The van der Waals surface area contributed by atoms with Crippen molar-refractivity contribution in [3.63, 3.8) is 0 Å². The second kappa shape index (κ2) is 6.17. The normalized spacial score (nSPS) is 10.5. The highest BCUT2D eigenvalue weighted by Crippen LogP contribution is 2.10. The minimum Gasteiger partial charge on any atom is -0.376 e. The largest absolute Gasteiger partial charge is 0.376 e. The van der Waals surface area contributed by atoms with Crippen molar-refractivity contribution in [2.24, 2.45) is 0 Å². The molecule has 1 N–H and O–H groups in total. The first-order chi connectivity index (χ1) is 10.3. The summed E-state index contributed by atoms with van der Waals surface area (Å²) in [6.07, 6.45) is 0.451. The minimum atomic E-state index is -0.262. The van der Waals surface area contributed by atoms with Gasteiger partial charge in [-0.15, -0.1) is 0 Å². The zero-order chi connectivity index (χ0) is 14.5. The second-order valence-corrected chi connectivity index (χ2v) is 4.63. The Kier molecular flexibility index (Phi) is 3.91. The number of anilines is 1. The van der Waals surface area contributed by atoms with E-state index in [9.17, 15) is 4.39 Å². The van der Waals surface area contributed by atoms with E-state index in [-0.39, 0.29) is 5.82 Å². The molecular formula is C16H14FN3O. The van der Waals surface area contributed by atoms with Crippen LogP contribution in [-0.4, -0.2) is 10.1 Å². The Hall–Kier alpha value is -2.69. The molecule has 0 bridgehead atoms. The van der Waals surface area contributed by atoms with E-state index in [1.165, 1.54) is 12.1 Å². The lowest BCUT2D eigenvalue weighted by atomic mass is 10.1. The van der Waals surface area contributed by atoms with Crippen molar-refractivity contribution in [3.05, 3.63) is 77.7 Å². The fourth-order valence-electron chi connectivity index (χ4n) is 2.00. The van der Waals surface area contributed by atoms with Gasteiger partial charge in [0.05, 0.1) is 6.54 Å². The van der Waals surface area contributed by atoms with Crippen LogP contribution in [0.4, 0.5) is 10.1 Å². The molecule has 0 aliphatic rings. The maximum atomic E-state index is 13.1. The Morgan fingerprint density at radius 1 is 1.05 bits per heavy atom. The highest BCUT2D eigenvalue weighted by molar-refractivity contribution is 5.42. The van der Waals surface area contributed by atoms with E-state index in [1.807, 2.05) is 36.4 Å². The van der Waals surface area contributed by atoms with E-state index in [1.54, 1.807) is 6.07 Å². The molecule has 0 spiro atoms. The van der Waals surface area contributed by atoms with Crippen molar-refractivity contribution in [2.75, 3.05) is 5.32 Å². The number of para-hydroxylation sites is 1. The van der Waals surface area contributed by atoms with Crippen LogP contribution in [0.2, 0.25) is 0 Å². The highest BCUT2D eigenvalue weighted by atomic mass is 19.1. The quantitative estimate of drug-likeness (QED) is 0.779. The Labute approximate surface area is 121 Å². The molecule has 3 aromatic rings. The Bertz CT molecular complexity index is 712. The van der Waals surface area contributed by atoms with Gasteiger partial charge in [-0.1, -0.05) is 35.5 Å². The van der Waals surface area contributed by atoms with Gasteiger partial charge in [0.15, 0.2) is 5.82 Å². The van der Waals surface area contributed by atoms with Crippen LogP contribution in [0.15, 0.2) is 59.1 Å². The van der Waals surface area contributed by atoms with Crippen LogP contribution in [-0.2, 0) is 13.0 Å². The van der Waals surface area contributed by atoms with Crippen molar-refractivity contribution < 1.29 is 8.91 Å². The summed E-state index contributed by atoms with van der Waals surface area (Å²) in [6.45, 7) is 0.458. The van der Waals surface area contributed by atoms with Gasteiger partial charge in [0.2, 0.25) is 5.89 Å². The number of hydrogen-bond acceptors (Lipinski definition) is 4. The topological polar surface area (TPSA) is 51.0 Å². The summed E-state index contributed by atoms with van der Waals surface area (Å²) < 4.78 is 18.3. The first-order valence-electron chi connectivity index (χ1n) is 6.64. The number of aromatic nitrogens is 2. The third-order valence-corrected chi connectivity index (χ3v) is 2.98. The predicted molar refractivity (Wildman–Crippen MR) is 77.3 cm³/mol. The maximum Gasteiger partial charge on any atom is 0.245 e. The summed E-state index contributed by atoms with van der Waals surface area (Å²) in [5, 5.41) is 7.10. The zero-order valence-corrected chi connectivity index (χ0v) is 11.3. The van der Waals surface area contributed by atoms with Crippen molar-refractivity contribution >= 4 is 5.69 Å². The van der Waals surface area contributed by atoms with Gasteiger partial charge >= 0.3 is 0 Å². The zero-order valence-electron chi connectivity index (χ0n) is 11.3. The summed E-state index contributed by atoms with van der Waals surface area (Å²) in [5.74, 6) is 0.790. The Morgan fingerprint density at radius 3 is 2.71 bits per heavy atom. The SMILES string of the molecule is Fc1cccc(Cc2noc(CNc3ccccc3)n2)c1. The third kappa shape index (κ3) is 3.66. The molecule has 1 heterocycles. The lowest BCUT2D eigenvalue weighted by molar-refractivity contribution is 0.378. The smallest absolute Gasteiger partial charge is 0.245 e. The summed E-state index contributed by atoms with van der Waals surface area (Å²) in [5.41, 5.74) is 1.81. The van der Waals surface area contributed by atoms with E-state index >= 15 is 0 Å². The van der Waals surface area contributed by atoms with E-state index in [0.29, 0.717) is 24.7 Å². The van der Waals surface area contributed by atoms with Crippen LogP contribution < -0.4 is 5.32 Å². The van der Waals surface area contributed by atoms with Gasteiger partial charge in [0.1, 0.15) is 5.82 Å². The molecule has 0 fully saturated rings. The first kappa shape index (κ1) is 13.3. The van der Waals surface area contributed by atoms with Gasteiger partial charge in [0, 0.05) is 12.1 Å². The van der Waals surface area contributed by atoms with Crippen LogP contribution in [0, 0.1) is 5.82 Å². The molecule has 0 unspecified atom stereocenters. The fraction of sp³-hybridized carbons (Fsp3) is 0.125. The number of hydrogen-bond donors (Lipinski definition) is 1. The molecule has 0 aliphatic carbocycles. The lowest BCUT2D eigenvalue weighted by Crippen LogP contribution is -1.99. The molecule has 0 radical (unpaired) electrons. The summed E-state index contributed by atoms with van der Waals surface area (Å²) >= 11 is 0. The molecule has 3 rings (SSSR count). The summed E-state index contributed by atoms with van der Waals surface area (Å²) in [7, 11) is 0. The fourth-order valence-corrected chi connectivity index (χ4v) is 2.00. The lowest BCUT2D eigenvalue weighted by Gasteiger charge is -2.01. The van der Waals surface area contributed by atoms with Crippen molar-refractivity contribution in [3.8, 4) is 0 Å². The Morgan fingerprint density at radius 2 is 1.90 bits per heavy atom. The van der Waals surface area contributed by atoms with E-state index in [0.717, 1.165) is 11.3 Å². The molecule has 106 valence electrons. The molecule has 4 nitrogen and oxygen atoms in total. The van der Waals surface area contributed by atoms with Gasteiger partial charge in [-0.3, -0.25) is 0 Å². The van der Waals surface area contributed by atoms with E-state index in [4.69, 9.17) is 4.52 Å². The molecule has 21 heavy (non-hydrogen) atoms. The Balaban J connectivity index is 1.61. The second-order valence-electron chi connectivity index (χ2n) is 4.63.